The van der Waals surface area contributed by atoms with Crippen LogP contribution in [0.3, 0.4) is 0 Å². The molecule has 82 valence electrons. The van der Waals surface area contributed by atoms with Gasteiger partial charge in [-0.3, -0.25) is 0 Å². The maximum absolute atomic E-state index is 11.8. The molecule has 0 saturated carbocycles. The number of nitrogens with zero attached hydrogens (tertiary/aromatic N) is 1. The van der Waals surface area contributed by atoms with Crippen LogP contribution in [0.2, 0.25) is 0 Å². The fraction of sp³-hybridized carbons (Fsp3) is 0.900. The van der Waals surface area contributed by atoms with E-state index in [0.717, 1.165) is 4.90 Å². The highest BCUT2D eigenvalue weighted by Crippen LogP contribution is 2.14. The third-order valence-electron chi connectivity index (χ3n) is 1.57. The molecule has 1 rings (SSSR count). The third kappa shape index (κ3) is 3.54. The Morgan fingerprint density at radius 2 is 2.29 bits per heavy atom. The molecule has 0 spiro atoms. The molecule has 0 radical (unpaired) electrons. The Morgan fingerprint density at radius 3 is 2.86 bits per heavy atom. The summed E-state index contributed by atoms with van der Waals surface area (Å²) in [6, 6.07) is 0. The van der Waals surface area contributed by atoms with Crippen LogP contribution in [0.5, 0.6) is 0 Å². The summed E-state index contributed by atoms with van der Waals surface area (Å²) in [7, 11) is 0. The summed E-state index contributed by atoms with van der Waals surface area (Å²) in [5.41, 5.74) is -0.769. The predicted octanol–water partition coefficient (Wildman–Crippen LogP) is 1.38. The van der Waals surface area contributed by atoms with Crippen LogP contribution < -0.4 is 0 Å². The highest BCUT2D eigenvalue weighted by molar-refractivity contribution is 5.68. The maximum Gasteiger partial charge on any atom is 0.410 e. The molecule has 1 fully saturated rings. The van der Waals surface area contributed by atoms with E-state index in [2.05, 4.69) is 0 Å². The van der Waals surface area contributed by atoms with Crippen molar-refractivity contribution < 1.29 is 20.1 Å². The topological polar surface area (TPSA) is 49.8 Å². The molecule has 0 aliphatic carbocycles. The summed E-state index contributed by atoms with van der Waals surface area (Å²) in [5.74, 6) is 0. The Kier molecular flexibility index (Phi) is 1.99. The molecule has 0 unspecified atom stereocenters. The zero-order chi connectivity index (χ0) is 14.4. The second-order valence-electron chi connectivity index (χ2n) is 4.12. The van der Waals surface area contributed by atoms with Crippen LogP contribution in [0.1, 0.15) is 39.0 Å². The second kappa shape index (κ2) is 4.17. The van der Waals surface area contributed by atoms with Gasteiger partial charge in [0.2, 0.25) is 0 Å². The molecule has 1 aliphatic heterocycles. The molecular weight excluding hydrogens is 182 g/mol. The first-order valence-corrected chi connectivity index (χ1v) is 4.56. The van der Waals surface area contributed by atoms with Crippen molar-refractivity contribution in [2.24, 2.45) is 0 Å². The molecule has 0 aromatic carbocycles. The summed E-state index contributed by atoms with van der Waals surface area (Å²) in [4.78, 5) is 12.6. The van der Waals surface area contributed by atoms with Crippen LogP contribution in [0.25, 0.3) is 0 Å². The molecule has 1 N–H and O–H groups in total. The Hall–Kier alpha value is -0.770. The van der Waals surface area contributed by atoms with Gasteiger partial charge in [0.05, 0.1) is 8.85 Å². The summed E-state index contributed by atoms with van der Waals surface area (Å²) in [6.07, 6.45) is -4.97. The monoisotopic (exact) mass is 205 g/mol. The first kappa shape index (κ1) is 6.67. The molecule has 4 heteroatoms. The largest absolute Gasteiger partial charge is 0.444 e. The molecule has 0 aromatic rings. The van der Waals surface area contributed by atoms with Gasteiger partial charge in [-0.05, 0) is 33.6 Å². The van der Waals surface area contributed by atoms with Crippen molar-refractivity contribution in [3.63, 3.8) is 0 Å². The first-order chi connectivity index (χ1) is 7.88. The van der Waals surface area contributed by atoms with Crippen molar-refractivity contribution in [1.82, 2.24) is 4.90 Å². The summed E-state index contributed by atoms with van der Waals surface area (Å²) in [5, 5.41) is 9.68. The quantitative estimate of drug-likeness (QED) is 0.650. The van der Waals surface area contributed by atoms with Gasteiger partial charge in [-0.15, -0.1) is 0 Å². The summed E-state index contributed by atoms with van der Waals surface area (Å²) in [6.45, 7) is 2.34. The standard InChI is InChI=1S/C10H19NO3/c1-10(2,3)14-9(13)11-6-4-5-8(12)7-11/h8,12H,4-7H2,1-3H3/t8-/m0/s1/i5D2,7D2. The van der Waals surface area contributed by atoms with Crippen LogP contribution in [-0.4, -0.2) is 40.8 Å². The molecule has 4 nitrogen and oxygen atoms in total. The Morgan fingerprint density at radius 1 is 1.64 bits per heavy atom. The van der Waals surface area contributed by atoms with Crippen molar-refractivity contribution in [3.05, 3.63) is 0 Å². The average molecular weight is 205 g/mol. The van der Waals surface area contributed by atoms with Gasteiger partial charge in [-0.1, -0.05) is 0 Å². The molecule has 1 amide bonds. The van der Waals surface area contributed by atoms with E-state index in [9.17, 15) is 9.90 Å². The van der Waals surface area contributed by atoms with E-state index < -0.39 is 30.7 Å². The minimum atomic E-state index is -2.48. The lowest BCUT2D eigenvalue weighted by molar-refractivity contribution is 0.00391. The second-order valence-corrected chi connectivity index (χ2v) is 4.12. The van der Waals surface area contributed by atoms with Gasteiger partial charge in [-0.25, -0.2) is 4.79 Å². The van der Waals surface area contributed by atoms with E-state index in [1.807, 2.05) is 0 Å². The summed E-state index contributed by atoms with van der Waals surface area (Å²) < 4.78 is 35.4. The van der Waals surface area contributed by atoms with Crippen LogP contribution in [-0.2, 0) is 4.74 Å². The first-order valence-electron chi connectivity index (χ1n) is 6.56. The Bertz CT molecular complexity index is 341. The SMILES string of the molecule is [2H]C1([2H])CCN(C(=O)OC(C)(C)C)C([2H])([2H])[C@H]1O. The van der Waals surface area contributed by atoms with Crippen molar-refractivity contribution in [2.45, 2.75) is 45.3 Å². The normalized spacial score (nSPS) is 34.9. The molecule has 1 atom stereocenters. The van der Waals surface area contributed by atoms with E-state index in [0.29, 0.717) is 0 Å². The highest BCUT2D eigenvalue weighted by atomic mass is 16.6. The molecule has 1 heterocycles. The van der Waals surface area contributed by atoms with Crippen LogP contribution in [0.4, 0.5) is 4.79 Å². The minimum Gasteiger partial charge on any atom is -0.444 e. The molecule has 14 heavy (non-hydrogen) atoms. The fourth-order valence-electron chi connectivity index (χ4n) is 1.03. The number of ether oxygens (including phenoxy) is 1. The lowest BCUT2D eigenvalue weighted by Gasteiger charge is -2.32. The van der Waals surface area contributed by atoms with Crippen molar-refractivity contribution in [1.29, 1.82) is 0 Å². The van der Waals surface area contributed by atoms with Gasteiger partial charge in [0, 0.05) is 15.8 Å². The number of aliphatic hydroxyl groups is 1. The van der Waals surface area contributed by atoms with Crippen molar-refractivity contribution in [2.75, 3.05) is 13.0 Å². The number of hydrogen-bond acceptors (Lipinski definition) is 3. The zero-order valence-corrected chi connectivity index (χ0v) is 8.70. The van der Waals surface area contributed by atoms with E-state index >= 15 is 0 Å². The van der Waals surface area contributed by atoms with Crippen molar-refractivity contribution >= 4 is 6.09 Å². The van der Waals surface area contributed by atoms with E-state index in [-0.39, 0.29) is 13.0 Å². The fourth-order valence-corrected chi connectivity index (χ4v) is 1.03. The number of hydrogen-bond donors (Lipinski definition) is 1. The van der Waals surface area contributed by atoms with Gasteiger partial charge in [0.1, 0.15) is 5.60 Å². The Labute approximate surface area is 90.5 Å². The van der Waals surface area contributed by atoms with E-state index in [4.69, 9.17) is 10.2 Å². The van der Waals surface area contributed by atoms with E-state index in [1.165, 1.54) is 0 Å². The molecular formula is C10H19NO3. The number of piperidine rings is 1. The molecule has 0 aromatic heterocycles. The lowest BCUT2D eigenvalue weighted by Crippen LogP contribution is -2.44. The number of carbonyl (C=O) groups is 1. The van der Waals surface area contributed by atoms with Gasteiger partial charge in [-0.2, -0.15) is 0 Å². The predicted molar refractivity (Wildman–Crippen MR) is 53.0 cm³/mol. The van der Waals surface area contributed by atoms with E-state index in [1.54, 1.807) is 20.8 Å². The zero-order valence-electron chi connectivity index (χ0n) is 12.7. The number of rotatable bonds is 0. The van der Waals surface area contributed by atoms with Gasteiger partial charge in [0.25, 0.3) is 0 Å². The van der Waals surface area contributed by atoms with Crippen molar-refractivity contribution in [3.8, 4) is 0 Å². The number of aliphatic hydroxyl groups excluding tert-OH is 1. The number of β-amino-alcohol motifs (C(OH)–C–C–N with tert-alkyl or cyclic N) is 1. The van der Waals surface area contributed by atoms with Crippen LogP contribution in [0.15, 0.2) is 0 Å². The molecule has 0 bridgehead atoms. The Balaban J connectivity index is 2.89. The molecule has 1 saturated heterocycles. The highest BCUT2D eigenvalue weighted by Gasteiger charge is 2.26. The van der Waals surface area contributed by atoms with Crippen LogP contribution >= 0.6 is 0 Å². The maximum atomic E-state index is 11.8. The number of carbonyl (C=O) groups excluding carboxylic acids is 1. The lowest BCUT2D eigenvalue weighted by atomic mass is 10.1. The third-order valence-corrected chi connectivity index (χ3v) is 1.57. The van der Waals surface area contributed by atoms with Gasteiger partial charge < -0.3 is 14.7 Å². The molecule has 1 aliphatic rings. The number of likely N-dealkylation sites (tertiary alicyclic amines) is 1. The number of amides is 1. The smallest absolute Gasteiger partial charge is 0.410 e. The summed E-state index contributed by atoms with van der Waals surface area (Å²) >= 11 is 0. The van der Waals surface area contributed by atoms with Gasteiger partial charge >= 0.3 is 6.09 Å². The average Bonchev–Trinajstić information content (AvgIpc) is 2.11. The van der Waals surface area contributed by atoms with Crippen LogP contribution in [0, 0.1) is 0 Å². The minimum absolute atomic E-state index is 0.132. The van der Waals surface area contributed by atoms with Gasteiger partial charge in [0.15, 0.2) is 0 Å².